The first-order valence-electron chi connectivity index (χ1n) is 9.96. The van der Waals surface area contributed by atoms with Crippen molar-refractivity contribution in [1.29, 1.82) is 0 Å². The molecule has 152 valence electrons. The summed E-state index contributed by atoms with van der Waals surface area (Å²) in [6, 6.07) is 17.8. The molecule has 0 N–H and O–H groups in total. The number of carbonyl (C=O) groups is 1. The van der Waals surface area contributed by atoms with Crippen molar-refractivity contribution in [3.8, 4) is 0 Å². The van der Waals surface area contributed by atoms with Gasteiger partial charge in [-0.1, -0.05) is 60.1 Å². The fourth-order valence-corrected chi connectivity index (χ4v) is 4.59. The maximum atomic E-state index is 11.6. The van der Waals surface area contributed by atoms with Gasteiger partial charge in [0.25, 0.3) is 0 Å². The van der Waals surface area contributed by atoms with Gasteiger partial charge in [-0.3, -0.25) is 4.79 Å². The van der Waals surface area contributed by atoms with E-state index in [1.165, 1.54) is 6.92 Å². The second kappa shape index (κ2) is 7.94. The molecule has 1 heterocycles. The Labute approximate surface area is 176 Å². The minimum absolute atomic E-state index is 0.204. The summed E-state index contributed by atoms with van der Waals surface area (Å²) >= 11 is 6.01. The van der Waals surface area contributed by atoms with Crippen molar-refractivity contribution < 1.29 is 19.3 Å². The van der Waals surface area contributed by atoms with E-state index in [4.69, 9.17) is 26.1 Å². The van der Waals surface area contributed by atoms with Crippen molar-refractivity contribution in [3.05, 3.63) is 76.8 Å². The van der Waals surface area contributed by atoms with Crippen LogP contribution in [0, 0.1) is 5.92 Å². The van der Waals surface area contributed by atoms with Crippen LogP contribution in [0.15, 0.2) is 60.7 Å². The molecule has 2 bridgehead atoms. The van der Waals surface area contributed by atoms with Crippen molar-refractivity contribution in [2.75, 3.05) is 0 Å². The quantitative estimate of drug-likeness (QED) is 0.477. The number of hydrogen-bond donors (Lipinski definition) is 0. The van der Waals surface area contributed by atoms with Gasteiger partial charge >= 0.3 is 5.97 Å². The Morgan fingerprint density at radius 3 is 2.59 bits per heavy atom. The van der Waals surface area contributed by atoms with E-state index in [9.17, 15) is 4.79 Å². The normalized spacial score (nSPS) is 31.6. The third-order valence-corrected chi connectivity index (χ3v) is 6.32. The summed E-state index contributed by atoms with van der Waals surface area (Å²) in [7, 11) is 0. The average Bonchev–Trinajstić information content (AvgIpc) is 2.72. The van der Waals surface area contributed by atoms with Crippen molar-refractivity contribution in [1.82, 2.24) is 0 Å². The predicted molar refractivity (Wildman–Crippen MR) is 112 cm³/mol. The highest BCUT2D eigenvalue weighted by atomic mass is 35.5. The molecule has 1 saturated heterocycles. The molecule has 2 aromatic rings. The van der Waals surface area contributed by atoms with Crippen LogP contribution in [0.5, 0.6) is 0 Å². The van der Waals surface area contributed by atoms with Gasteiger partial charge in [0, 0.05) is 17.9 Å². The summed E-state index contributed by atoms with van der Waals surface area (Å²) in [5.74, 6) is -0.0899. The van der Waals surface area contributed by atoms with Gasteiger partial charge in [0.15, 0.2) is 0 Å². The molecule has 1 aliphatic heterocycles. The van der Waals surface area contributed by atoms with Crippen LogP contribution >= 0.6 is 11.6 Å². The van der Waals surface area contributed by atoms with E-state index in [1.54, 1.807) is 0 Å². The molecule has 2 aliphatic rings. The highest BCUT2D eigenvalue weighted by Gasteiger charge is 2.55. The van der Waals surface area contributed by atoms with Gasteiger partial charge in [-0.05, 0) is 55.5 Å². The number of hydrogen-bond acceptors (Lipinski definition) is 4. The topological polar surface area (TPSA) is 44.8 Å². The van der Waals surface area contributed by atoms with Gasteiger partial charge in [0.1, 0.15) is 17.3 Å². The van der Waals surface area contributed by atoms with Gasteiger partial charge in [-0.15, -0.1) is 0 Å². The first-order valence-corrected chi connectivity index (χ1v) is 10.3. The zero-order valence-corrected chi connectivity index (χ0v) is 17.4. The second-order valence-corrected chi connectivity index (χ2v) is 8.53. The fraction of sp³-hybridized carbons (Fsp3) is 0.375. The minimum Gasteiger partial charge on any atom is -0.457 e. The second-order valence-electron chi connectivity index (χ2n) is 8.09. The number of rotatable bonds is 4. The number of fused-ring (bicyclic) bond motifs is 2. The van der Waals surface area contributed by atoms with Gasteiger partial charge in [-0.25, -0.2) is 9.78 Å². The largest absolute Gasteiger partial charge is 0.457 e. The highest BCUT2D eigenvalue weighted by molar-refractivity contribution is 6.30. The van der Waals surface area contributed by atoms with Gasteiger partial charge in [0.2, 0.25) is 0 Å². The number of halogens is 1. The molecule has 5 heteroatoms. The minimum atomic E-state index is -0.699. The Morgan fingerprint density at radius 1 is 1.17 bits per heavy atom. The van der Waals surface area contributed by atoms with Crippen LogP contribution < -0.4 is 0 Å². The van der Waals surface area contributed by atoms with E-state index in [-0.39, 0.29) is 18.0 Å². The van der Waals surface area contributed by atoms with E-state index in [1.807, 2.05) is 55.5 Å². The summed E-state index contributed by atoms with van der Waals surface area (Å²) < 4.78 is 5.60. The summed E-state index contributed by atoms with van der Waals surface area (Å²) in [5.41, 5.74) is 0.723. The molecule has 0 unspecified atom stereocenters. The number of benzene rings is 2. The lowest BCUT2D eigenvalue weighted by Crippen LogP contribution is -2.57. The molecular formula is C24H25ClO4. The Morgan fingerprint density at radius 2 is 1.90 bits per heavy atom. The monoisotopic (exact) mass is 412 g/mol. The van der Waals surface area contributed by atoms with Crippen LogP contribution in [0.2, 0.25) is 5.02 Å². The summed E-state index contributed by atoms with van der Waals surface area (Å²) in [5, 5.41) is 0.706. The van der Waals surface area contributed by atoms with E-state index < -0.39 is 11.2 Å². The zero-order valence-electron chi connectivity index (χ0n) is 16.6. The van der Waals surface area contributed by atoms with E-state index in [0.717, 1.165) is 30.4 Å². The van der Waals surface area contributed by atoms with Crippen LogP contribution in [0.1, 0.15) is 44.2 Å². The first-order chi connectivity index (χ1) is 13.9. The molecule has 0 aromatic heterocycles. The SMILES string of the molecule is CC(=O)O[C@]1(C)CC[C@@H]2C[C@H]1OO[C@@]2(/C=C/c1ccc(Cl)cc1)c1ccccc1. The molecular weight excluding hydrogens is 388 g/mol. The number of esters is 1. The van der Waals surface area contributed by atoms with Crippen LogP contribution in [0.3, 0.4) is 0 Å². The molecule has 2 aromatic carbocycles. The smallest absolute Gasteiger partial charge is 0.303 e. The van der Waals surface area contributed by atoms with E-state index in [0.29, 0.717) is 5.02 Å². The van der Waals surface area contributed by atoms with Crippen LogP contribution in [0.4, 0.5) is 0 Å². The van der Waals surface area contributed by atoms with Crippen molar-refractivity contribution in [2.45, 2.75) is 50.4 Å². The maximum absolute atomic E-state index is 11.6. The molecule has 29 heavy (non-hydrogen) atoms. The van der Waals surface area contributed by atoms with E-state index in [2.05, 4.69) is 18.2 Å². The van der Waals surface area contributed by atoms with Crippen LogP contribution in [-0.2, 0) is 24.9 Å². The fourth-order valence-electron chi connectivity index (χ4n) is 4.47. The molecule has 0 radical (unpaired) electrons. The van der Waals surface area contributed by atoms with Gasteiger partial charge in [-0.2, -0.15) is 0 Å². The summed E-state index contributed by atoms with van der Waals surface area (Å²) in [4.78, 5) is 23.6. The predicted octanol–water partition coefficient (Wildman–Crippen LogP) is 5.70. The average molecular weight is 413 g/mol. The Hall–Kier alpha value is -2.14. The molecule has 4 rings (SSSR count). The summed E-state index contributed by atoms with van der Waals surface area (Å²) in [6.07, 6.45) is 6.20. The van der Waals surface area contributed by atoms with Crippen molar-refractivity contribution in [3.63, 3.8) is 0 Å². The lowest BCUT2D eigenvalue weighted by molar-refractivity contribution is -0.443. The molecule has 0 amide bonds. The lowest BCUT2D eigenvalue weighted by Gasteiger charge is -2.52. The Balaban J connectivity index is 1.67. The molecule has 1 saturated carbocycles. The van der Waals surface area contributed by atoms with Crippen molar-refractivity contribution >= 4 is 23.6 Å². The number of ether oxygens (including phenoxy) is 1. The molecule has 4 atom stereocenters. The standard InChI is InChI=1S/C24H25ClO4/c1-17(26)27-23(2)14-13-20-16-22(23)28-29-24(20,19-6-4-3-5-7-19)15-12-18-8-10-21(25)11-9-18/h3-12,15,20,22H,13-14,16H2,1-2H3/b15-12+/t20-,22-,23-,24+/m1/s1. The van der Waals surface area contributed by atoms with Gasteiger partial charge in [0.05, 0.1) is 0 Å². The zero-order chi connectivity index (χ0) is 20.5. The first kappa shape index (κ1) is 20.1. The Kier molecular flexibility index (Phi) is 5.52. The molecule has 0 spiro atoms. The maximum Gasteiger partial charge on any atom is 0.303 e. The third-order valence-electron chi connectivity index (χ3n) is 6.07. The molecule has 1 aliphatic carbocycles. The summed E-state index contributed by atoms with van der Waals surface area (Å²) in [6.45, 7) is 3.36. The molecule has 4 nitrogen and oxygen atoms in total. The third kappa shape index (κ3) is 3.97. The van der Waals surface area contributed by atoms with Crippen LogP contribution in [-0.4, -0.2) is 17.7 Å². The number of carbonyl (C=O) groups excluding carboxylic acids is 1. The van der Waals surface area contributed by atoms with E-state index >= 15 is 0 Å². The van der Waals surface area contributed by atoms with Crippen molar-refractivity contribution in [2.24, 2.45) is 5.92 Å². The van der Waals surface area contributed by atoms with Crippen LogP contribution in [0.25, 0.3) is 6.08 Å². The highest BCUT2D eigenvalue weighted by Crippen LogP contribution is 2.51. The van der Waals surface area contributed by atoms with Gasteiger partial charge < -0.3 is 4.74 Å². The Bertz CT molecular complexity index is 895. The lowest BCUT2D eigenvalue weighted by atomic mass is 9.67. The molecule has 2 fully saturated rings.